The summed E-state index contributed by atoms with van der Waals surface area (Å²) in [7, 11) is 0.878. The van der Waals surface area contributed by atoms with E-state index >= 15 is 0 Å². The minimum absolute atomic E-state index is 0. The summed E-state index contributed by atoms with van der Waals surface area (Å²) in [6.45, 7) is 13.8. The summed E-state index contributed by atoms with van der Waals surface area (Å²) in [5, 5.41) is 0. The molecule has 0 rings (SSSR count). The van der Waals surface area contributed by atoms with Crippen molar-refractivity contribution < 1.29 is 63.4 Å². The van der Waals surface area contributed by atoms with Gasteiger partial charge in [-0.3, -0.25) is 0 Å². The van der Waals surface area contributed by atoms with E-state index in [-0.39, 0.29) is 63.4 Å². The summed E-state index contributed by atoms with van der Waals surface area (Å²) in [6, 6.07) is 0. The van der Waals surface area contributed by atoms with Gasteiger partial charge in [-0.05, 0) is 37.0 Å². The minimum Gasteiger partial charge on any atom is -1.00 e. The Bertz CT molecular complexity index is 132. The fraction of sp³-hybridized carbons (Fsp3) is 1.00. The van der Waals surface area contributed by atoms with Gasteiger partial charge in [0.2, 0.25) is 0 Å². The number of halogens is 3. The number of hydrogen-bond acceptors (Lipinski definition) is 0. The van der Waals surface area contributed by atoms with Crippen molar-refractivity contribution in [2.75, 3.05) is 37.0 Å². The van der Waals surface area contributed by atoms with Gasteiger partial charge in [-0.1, -0.05) is 80.1 Å². The van der Waals surface area contributed by atoms with Crippen LogP contribution in [0.1, 0.15) is 80.1 Å². The Morgan fingerprint density at radius 2 is 0.500 bits per heavy atom. The molecule has 0 amide bonds. The Kier molecular flexibility index (Phi) is 62.5. The molecule has 149 valence electrons. The van der Waals surface area contributed by atoms with E-state index in [0.29, 0.717) is 15.8 Å². The van der Waals surface area contributed by atoms with E-state index in [1.807, 2.05) is 0 Å². The van der Waals surface area contributed by atoms with E-state index in [1.54, 1.807) is 0 Å². The molecule has 0 atom stereocenters. The van der Waals surface area contributed by atoms with Gasteiger partial charge in [-0.25, -0.2) is 0 Å². The first-order chi connectivity index (χ1) is 9.69. The van der Waals surface area contributed by atoms with E-state index in [1.165, 1.54) is 75.5 Å². The van der Waals surface area contributed by atoms with Crippen LogP contribution in [0.2, 0.25) is 0 Å². The molecule has 0 spiro atoms. The molecule has 0 bridgehead atoms. The molecule has 0 aromatic rings. The normalized spacial score (nSPS) is 9.00. The molecule has 24 heavy (non-hydrogen) atoms. The van der Waals surface area contributed by atoms with E-state index in [4.69, 9.17) is 0 Å². The first-order valence-corrected chi connectivity index (χ1v) is 12.9. The van der Waals surface area contributed by atoms with Gasteiger partial charge in [-0.15, -0.1) is 15.8 Å². The molecule has 0 aromatic carbocycles. The van der Waals surface area contributed by atoms with Crippen molar-refractivity contribution >= 4 is 15.8 Å². The van der Waals surface area contributed by atoms with E-state index in [9.17, 15) is 0 Å². The molecule has 0 heterocycles. The van der Waals surface area contributed by atoms with Gasteiger partial charge < -0.3 is 37.2 Å². The van der Waals surface area contributed by atoms with E-state index < -0.39 is 0 Å². The van der Waals surface area contributed by atoms with Crippen molar-refractivity contribution in [1.29, 1.82) is 0 Å². The Balaban J connectivity index is -0.0000000579. The zero-order valence-corrected chi connectivity index (χ0v) is 23.5. The van der Waals surface area contributed by atoms with Crippen LogP contribution in [0.15, 0.2) is 0 Å². The number of hydrogen-bond donors (Lipinski definition) is 0. The van der Waals surface area contributed by atoms with Crippen molar-refractivity contribution in [3.63, 3.8) is 0 Å². The predicted molar refractivity (Wildman–Crippen MR) is 105 cm³/mol. The summed E-state index contributed by atoms with van der Waals surface area (Å²) < 4.78 is 0. The summed E-state index contributed by atoms with van der Waals surface area (Å²) >= 11 is 0. The third-order valence-corrected chi connectivity index (χ3v) is 9.72. The predicted octanol–water partition coefficient (Wildman–Crippen LogP) is -1.59. The van der Waals surface area contributed by atoms with Crippen LogP contribution in [0.25, 0.3) is 0 Å². The van der Waals surface area contributed by atoms with Gasteiger partial charge in [-0.2, -0.15) is 0 Å². The number of rotatable bonds is 12. The fourth-order valence-electron chi connectivity index (χ4n) is 2.57. The molecular weight excluding hydrogens is 476 g/mol. The van der Waals surface area contributed by atoms with Crippen LogP contribution in [-0.2, 0) is 26.2 Å². The van der Waals surface area contributed by atoms with Gasteiger partial charge >= 0.3 is 26.2 Å². The van der Waals surface area contributed by atoms with Gasteiger partial charge in [0.25, 0.3) is 0 Å². The first kappa shape index (κ1) is 41.1. The van der Waals surface area contributed by atoms with Crippen LogP contribution in [0, 0.1) is 0 Å². The molecular formula is C18H42Cl3P2Zr. The molecule has 0 aliphatic rings. The monoisotopic (exact) mass is 515 g/mol. The Morgan fingerprint density at radius 1 is 0.375 bits per heavy atom. The molecule has 6 heteroatoms. The first-order valence-electron chi connectivity index (χ1n) is 9.14. The zero-order valence-electron chi connectivity index (χ0n) is 17.0. The molecule has 0 aromatic heterocycles. The van der Waals surface area contributed by atoms with Crippen LogP contribution in [0.3, 0.4) is 0 Å². The summed E-state index contributed by atoms with van der Waals surface area (Å²) in [6.07, 6.45) is 17.4. The molecule has 0 aliphatic carbocycles. The topological polar surface area (TPSA) is 0 Å². The van der Waals surface area contributed by atoms with Crippen molar-refractivity contribution in [3.8, 4) is 0 Å². The van der Waals surface area contributed by atoms with Crippen molar-refractivity contribution in [3.05, 3.63) is 0 Å². The molecule has 1 radical (unpaired) electrons. The molecule has 0 saturated carbocycles. The average molecular weight is 518 g/mol. The van der Waals surface area contributed by atoms with E-state index in [0.717, 1.165) is 0 Å². The van der Waals surface area contributed by atoms with Crippen LogP contribution < -0.4 is 37.2 Å². The Morgan fingerprint density at radius 3 is 0.583 bits per heavy atom. The molecule has 0 fully saturated rings. The standard InChI is InChI=1S/2C9H21P.3ClH.Zr/c2*1-4-7-10(8-5-2)9-6-3;;;;/h2*4-9H2,1-3H3;3*1H;/q;;;;;+3/p-3. The summed E-state index contributed by atoms with van der Waals surface area (Å²) in [5.41, 5.74) is 0. The van der Waals surface area contributed by atoms with Crippen molar-refractivity contribution in [2.24, 2.45) is 0 Å². The van der Waals surface area contributed by atoms with Crippen LogP contribution in [0.5, 0.6) is 0 Å². The van der Waals surface area contributed by atoms with Crippen molar-refractivity contribution in [2.45, 2.75) is 80.1 Å². The second-order valence-electron chi connectivity index (χ2n) is 5.68. The summed E-state index contributed by atoms with van der Waals surface area (Å²) in [4.78, 5) is 0. The van der Waals surface area contributed by atoms with Crippen molar-refractivity contribution in [1.82, 2.24) is 0 Å². The second-order valence-corrected chi connectivity index (χ2v) is 11.0. The average Bonchev–Trinajstić information content (AvgIpc) is 2.41. The SMILES string of the molecule is CCCP(CCC)CCC.CCCP(CCC)CCC.[Cl-].[Cl-].[Cl-].[Zr+3]. The Labute approximate surface area is 195 Å². The van der Waals surface area contributed by atoms with Gasteiger partial charge in [0, 0.05) is 0 Å². The van der Waals surface area contributed by atoms with Crippen LogP contribution >= 0.6 is 15.8 Å². The molecule has 0 nitrogen and oxygen atoms in total. The van der Waals surface area contributed by atoms with Gasteiger partial charge in [0.1, 0.15) is 0 Å². The van der Waals surface area contributed by atoms with Crippen LogP contribution in [-0.4, -0.2) is 37.0 Å². The second kappa shape index (κ2) is 36.5. The minimum atomic E-state index is 0. The van der Waals surface area contributed by atoms with Crippen LogP contribution in [0.4, 0.5) is 0 Å². The zero-order chi connectivity index (χ0) is 15.6. The van der Waals surface area contributed by atoms with E-state index in [2.05, 4.69) is 41.5 Å². The van der Waals surface area contributed by atoms with Gasteiger partial charge in [0.05, 0.1) is 0 Å². The maximum absolute atomic E-state index is 2.31. The maximum Gasteiger partial charge on any atom is 3.00 e. The summed E-state index contributed by atoms with van der Waals surface area (Å²) in [5.74, 6) is 0. The maximum atomic E-state index is 2.31. The molecule has 0 saturated heterocycles. The molecule has 0 N–H and O–H groups in total. The molecule has 0 aliphatic heterocycles. The smallest absolute Gasteiger partial charge is 1.00 e. The Hall–Kier alpha value is 2.61. The third kappa shape index (κ3) is 32.3. The largest absolute Gasteiger partial charge is 3.00 e. The third-order valence-electron chi connectivity index (χ3n) is 3.24. The van der Waals surface area contributed by atoms with Gasteiger partial charge in [0.15, 0.2) is 0 Å². The molecule has 0 unspecified atom stereocenters. The fourth-order valence-corrected chi connectivity index (χ4v) is 7.70. The quantitative estimate of drug-likeness (QED) is 0.274.